The minimum Gasteiger partial charge on any atom is -0.475 e. The van der Waals surface area contributed by atoms with Crippen molar-refractivity contribution in [2.45, 2.75) is 49.7 Å². The molecule has 0 unspecified atom stereocenters. The fraction of sp³-hybridized carbons (Fsp3) is 0.533. The van der Waals surface area contributed by atoms with Crippen LogP contribution < -0.4 is 11.1 Å². The van der Waals surface area contributed by atoms with Crippen LogP contribution >= 0.6 is 0 Å². The van der Waals surface area contributed by atoms with E-state index in [0.29, 0.717) is 23.9 Å². The number of anilines is 1. The van der Waals surface area contributed by atoms with Gasteiger partial charge in [0, 0.05) is 12.1 Å². The number of halogens is 6. The van der Waals surface area contributed by atoms with Gasteiger partial charge in [0.15, 0.2) is 11.5 Å². The van der Waals surface area contributed by atoms with E-state index in [1.165, 1.54) is 25.6 Å². The number of aromatic nitrogens is 4. The molecule has 16 heteroatoms. The molecule has 0 aromatic carbocycles. The van der Waals surface area contributed by atoms with Gasteiger partial charge in [0.1, 0.15) is 11.8 Å². The van der Waals surface area contributed by atoms with Crippen LogP contribution in [0, 0.1) is 0 Å². The van der Waals surface area contributed by atoms with Gasteiger partial charge in [0.25, 0.3) is 0 Å². The van der Waals surface area contributed by atoms with Crippen LogP contribution in [0.3, 0.4) is 0 Å². The number of aliphatic carboxylic acids is 2. The van der Waals surface area contributed by atoms with E-state index in [-0.39, 0.29) is 0 Å². The first-order chi connectivity index (χ1) is 14.2. The predicted octanol–water partition coefficient (Wildman–Crippen LogP) is 1.74. The van der Waals surface area contributed by atoms with Crippen molar-refractivity contribution in [2.75, 3.05) is 5.73 Å². The van der Waals surface area contributed by atoms with Crippen molar-refractivity contribution in [2.24, 2.45) is 0 Å². The molecule has 5 N–H and O–H groups in total. The number of carboxylic acid groups (broad SMARTS) is 2. The monoisotopic (exact) mass is 458 g/mol. The van der Waals surface area contributed by atoms with Crippen molar-refractivity contribution in [3.8, 4) is 0 Å². The molecule has 0 saturated carbocycles. The summed E-state index contributed by atoms with van der Waals surface area (Å²) in [5.74, 6) is -5.05. The molecule has 10 nitrogen and oxygen atoms in total. The summed E-state index contributed by atoms with van der Waals surface area (Å²) < 4.78 is 65.6. The van der Waals surface area contributed by atoms with E-state index in [9.17, 15) is 26.3 Å². The van der Waals surface area contributed by atoms with E-state index in [2.05, 4.69) is 24.8 Å². The zero-order chi connectivity index (χ0) is 23.6. The second kappa shape index (κ2) is 8.91. The largest absolute Gasteiger partial charge is 0.490 e. The summed E-state index contributed by atoms with van der Waals surface area (Å²) in [6.45, 7) is 0. The minimum absolute atomic E-state index is 0.463. The van der Waals surface area contributed by atoms with Gasteiger partial charge in [-0.1, -0.05) is 0 Å². The highest BCUT2D eigenvalue weighted by atomic mass is 19.4. The van der Waals surface area contributed by atoms with Gasteiger partial charge >= 0.3 is 24.3 Å². The van der Waals surface area contributed by atoms with E-state index in [1.807, 2.05) is 6.33 Å². The highest BCUT2D eigenvalue weighted by Gasteiger charge is 2.41. The maximum atomic E-state index is 10.6. The van der Waals surface area contributed by atoms with Gasteiger partial charge in [-0.25, -0.2) is 24.5 Å². The van der Waals surface area contributed by atoms with Crippen molar-refractivity contribution in [1.29, 1.82) is 0 Å². The summed E-state index contributed by atoms with van der Waals surface area (Å²) in [7, 11) is 0. The summed E-state index contributed by atoms with van der Waals surface area (Å²) in [5.41, 5.74) is 7.38. The molecular weight excluding hydrogens is 442 g/mol. The Morgan fingerprint density at radius 3 is 2.00 bits per heavy atom. The zero-order valence-electron chi connectivity index (χ0n) is 15.4. The van der Waals surface area contributed by atoms with Crippen molar-refractivity contribution in [3.63, 3.8) is 0 Å². The lowest BCUT2D eigenvalue weighted by Gasteiger charge is -2.21. The van der Waals surface area contributed by atoms with Crippen LogP contribution in [0.25, 0.3) is 11.2 Å². The van der Waals surface area contributed by atoms with E-state index < -0.39 is 24.3 Å². The summed E-state index contributed by atoms with van der Waals surface area (Å²) in [4.78, 5) is 30.4. The highest BCUT2D eigenvalue weighted by Crippen LogP contribution is 2.37. The van der Waals surface area contributed by atoms with Gasteiger partial charge in [-0.05, 0) is 19.3 Å². The number of rotatable bonds is 1. The molecule has 2 aliphatic heterocycles. The molecule has 4 rings (SSSR count). The molecule has 0 spiro atoms. The number of imidazole rings is 1. The summed E-state index contributed by atoms with van der Waals surface area (Å²) >= 11 is 0. The SMILES string of the molecule is Nc1ncnc2c1ncn2[C@H]1C[C@@H]2CC[C@H]1N2.O=C(O)C(F)(F)F.O=C(O)C(F)(F)F. The topological polar surface area (TPSA) is 156 Å². The Bertz CT molecular complexity index is 922. The number of carboxylic acids is 2. The molecule has 0 aliphatic carbocycles. The van der Waals surface area contributed by atoms with E-state index >= 15 is 0 Å². The van der Waals surface area contributed by atoms with Crippen LogP contribution in [0.15, 0.2) is 12.7 Å². The quantitative estimate of drug-likeness (QED) is 0.468. The number of nitrogens with one attached hydrogen (secondary N) is 1. The molecule has 2 aromatic rings. The molecule has 172 valence electrons. The molecule has 0 amide bonds. The summed E-state index contributed by atoms with van der Waals surface area (Å²) in [6.07, 6.45) is -3.10. The fourth-order valence-electron chi connectivity index (χ4n) is 3.22. The number of nitrogens with two attached hydrogens (primary N) is 1. The lowest BCUT2D eigenvalue weighted by Crippen LogP contribution is -2.25. The first-order valence-electron chi connectivity index (χ1n) is 8.51. The summed E-state index contributed by atoms with van der Waals surface area (Å²) in [5, 5.41) is 17.9. The zero-order valence-corrected chi connectivity index (χ0v) is 15.4. The van der Waals surface area contributed by atoms with Crippen molar-refractivity contribution < 1.29 is 46.1 Å². The Kier molecular flexibility index (Phi) is 6.93. The Hall–Kier alpha value is -3.17. The van der Waals surface area contributed by atoms with Gasteiger partial charge in [-0.15, -0.1) is 0 Å². The molecule has 2 fully saturated rings. The second-order valence-corrected chi connectivity index (χ2v) is 6.54. The van der Waals surface area contributed by atoms with Crippen molar-refractivity contribution in [3.05, 3.63) is 12.7 Å². The third-order valence-electron chi connectivity index (χ3n) is 4.50. The van der Waals surface area contributed by atoms with Crippen LogP contribution in [0.4, 0.5) is 32.2 Å². The Morgan fingerprint density at radius 2 is 1.58 bits per heavy atom. The second-order valence-electron chi connectivity index (χ2n) is 6.54. The Labute approximate surface area is 169 Å². The van der Waals surface area contributed by atoms with Crippen LogP contribution in [0.1, 0.15) is 25.3 Å². The lowest BCUT2D eigenvalue weighted by atomic mass is 9.95. The molecule has 2 aliphatic rings. The van der Waals surface area contributed by atoms with Crippen molar-refractivity contribution in [1.82, 2.24) is 24.8 Å². The molecule has 4 heterocycles. The van der Waals surface area contributed by atoms with Gasteiger partial charge in [0.2, 0.25) is 0 Å². The van der Waals surface area contributed by atoms with Crippen LogP contribution in [-0.2, 0) is 9.59 Å². The maximum absolute atomic E-state index is 10.6. The molecule has 0 radical (unpaired) electrons. The number of carbonyl (C=O) groups is 2. The highest BCUT2D eigenvalue weighted by molar-refractivity contribution is 5.81. The smallest absolute Gasteiger partial charge is 0.475 e. The minimum atomic E-state index is -5.08. The Morgan fingerprint density at radius 1 is 1.03 bits per heavy atom. The van der Waals surface area contributed by atoms with Crippen LogP contribution in [-0.4, -0.2) is 66.1 Å². The molecule has 3 atom stereocenters. The molecule has 31 heavy (non-hydrogen) atoms. The first kappa shape index (κ1) is 24.1. The average Bonchev–Trinajstić information content (AvgIpc) is 3.36. The van der Waals surface area contributed by atoms with Gasteiger partial charge in [-0.3, -0.25) is 0 Å². The number of hydrogen-bond acceptors (Lipinski definition) is 7. The normalized spacial score (nSPS) is 22.3. The standard InChI is InChI=1S/C11H14N6.2C2HF3O2/c12-10-9-11(14-4-13-10)17(5-15-9)8-3-6-1-2-7(8)16-6;2*3-2(4,5)1(6)7/h4-8,16H,1-3H2,(H2,12,13,14);2*(H,6,7)/t6-,7+,8-;;/m0../s1. The van der Waals surface area contributed by atoms with Gasteiger partial charge < -0.3 is 25.8 Å². The van der Waals surface area contributed by atoms with E-state index in [1.54, 1.807) is 0 Å². The number of hydrogen-bond donors (Lipinski definition) is 4. The van der Waals surface area contributed by atoms with Crippen LogP contribution in [0.5, 0.6) is 0 Å². The number of alkyl halides is 6. The molecule has 2 bridgehead atoms. The third kappa shape index (κ3) is 5.93. The van der Waals surface area contributed by atoms with Gasteiger partial charge in [0.05, 0.1) is 12.4 Å². The number of nitrogens with zero attached hydrogens (tertiary/aromatic N) is 4. The molecular formula is C15H16F6N6O4. The average molecular weight is 458 g/mol. The fourth-order valence-corrected chi connectivity index (χ4v) is 3.22. The number of nitrogen functional groups attached to an aromatic ring is 1. The lowest BCUT2D eigenvalue weighted by molar-refractivity contribution is -0.193. The third-order valence-corrected chi connectivity index (χ3v) is 4.50. The number of fused-ring (bicyclic) bond motifs is 3. The molecule has 2 saturated heterocycles. The van der Waals surface area contributed by atoms with Crippen molar-refractivity contribution >= 4 is 28.9 Å². The molecule has 2 aromatic heterocycles. The van der Waals surface area contributed by atoms with Gasteiger partial charge in [-0.2, -0.15) is 26.3 Å². The maximum Gasteiger partial charge on any atom is 0.490 e. The Balaban J connectivity index is 0.000000206. The van der Waals surface area contributed by atoms with E-state index in [4.69, 9.17) is 25.5 Å². The van der Waals surface area contributed by atoms with E-state index in [0.717, 1.165) is 11.2 Å². The predicted molar refractivity (Wildman–Crippen MR) is 90.7 cm³/mol. The summed E-state index contributed by atoms with van der Waals surface area (Å²) in [6, 6.07) is 1.70. The first-order valence-corrected chi connectivity index (χ1v) is 8.51. The van der Waals surface area contributed by atoms with Crippen LogP contribution in [0.2, 0.25) is 0 Å².